The third-order valence-electron chi connectivity index (χ3n) is 3.15. The van der Waals surface area contributed by atoms with Crippen molar-refractivity contribution in [3.8, 4) is 0 Å². The van der Waals surface area contributed by atoms with Gasteiger partial charge in [0, 0.05) is 26.2 Å². The second kappa shape index (κ2) is 5.24. The lowest BCUT2D eigenvalue weighted by Crippen LogP contribution is -2.47. The van der Waals surface area contributed by atoms with Gasteiger partial charge in [0.1, 0.15) is 0 Å². The highest BCUT2D eigenvalue weighted by molar-refractivity contribution is 6.00. The number of para-hydroxylation sites is 1. The molecule has 5 N–H and O–H groups in total. The minimum Gasteiger partial charge on any atom is -0.396 e. The van der Waals surface area contributed by atoms with Crippen molar-refractivity contribution < 1.29 is 4.79 Å². The number of nitrogens with one attached hydrogen (secondary N) is 1. The van der Waals surface area contributed by atoms with Crippen LogP contribution in [0.25, 0.3) is 0 Å². The Bertz CT molecular complexity index is 440. The number of primary amides is 1. The topological polar surface area (TPSA) is 87.6 Å². The van der Waals surface area contributed by atoms with E-state index < -0.39 is 5.91 Å². The van der Waals surface area contributed by atoms with Gasteiger partial charge in [0.15, 0.2) is 0 Å². The highest BCUT2D eigenvalue weighted by Gasteiger charge is 2.15. The summed E-state index contributed by atoms with van der Waals surface area (Å²) in [5.74, 6) is -0.505. The number of piperazine rings is 1. The summed E-state index contributed by atoms with van der Waals surface area (Å²) in [6.45, 7) is 3.83. The van der Waals surface area contributed by atoms with Crippen LogP contribution in [0.4, 0.5) is 11.4 Å². The summed E-state index contributed by atoms with van der Waals surface area (Å²) >= 11 is 0. The molecule has 0 aliphatic carbocycles. The number of nitrogens with two attached hydrogens (primary N) is 2. The zero-order valence-electron chi connectivity index (χ0n) is 10.5. The SMILES string of the molecule is CN1CCN(Nc2cccc(C(N)=O)c2N)CC1. The Morgan fingerprint density at radius 2 is 1.94 bits per heavy atom. The molecule has 0 atom stereocenters. The Morgan fingerprint density at radius 1 is 1.28 bits per heavy atom. The summed E-state index contributed by atoms with van der Waals surface area (Å²) < 4.78 is 0. The molecule has 0 aromatic heterocycles. The molecule has 0 radical (unpaired) electrons. The molecule has 0 unspecified atom stereocenters. The van der Waals surface area contributed by atoms with Crippen LogP contribution in [0.5, 0.6) is 0 Å². The minimum absolute atomic E-state index is 0.356. The van der Waals surface area contributed by atoms with Crippen LogP contribution < -0.4 is 16.9 Å². The number of hydrogen-bond donors (Lipinski definition) is 3. The van der Waals surface area contributed by atoms with E-state index in [1.54, 1.807) is 12.1 Å². The van der Waals surface area contributed by atoms with E-state index in [1.165, 1.54) is 0 Å². The minimum atomic E-state index is -0.505. The van der Waals surface area contributed by atoms with Crippen LogP contribution >= 0.6 is 0 Å². The molecule has 1 saturated heterocycles. The van der Waals surface area contributed by atoms with Crippen LogP contribution in [-0.4, -0.2) is 49.0 Å². The van der Waals surface area contributed by atoms with Crippen molar-refractivity contribution in [3.05, 3.63) is 23.8 Å². The molecular weight excluding hydrogens is 230 g/mol. The fraction of sp³-hybridized carbons (Fsp3) is 0.417. The molecule has 0 spiro atoms. The lowest BCUT2D eigenvalue weighted by atomic mass is 10.1. The van der Waals surface area contributed by atoms with Crippen molar-refractivity contribution >= 4 is 17.3 Å². The van der Waals surface area contributed by atoms with Gasteiger partial charge in [-0.1, -0.05) is 6.07 Å². The molecule has 0 bridgehead atoms. The van der Waals surface area contributed by atoms with Gasteiger partial charge in [-0.25, -0.2) is 5.01 Å². The monoisotopic (exact) mass is 249 g/mol. The maximum atomic E-state index is 11.2. The molecule has 0 saturated carbocycles. The van der Waals surface area contributed by atoms with Crippen molar-refractivity contribution in [1.29, 1.82) is 0 Å². The van der Waals surface area contributed by atoms with Crippen LogP contribution in [-0.2, 0) is 0 Å². The number of nitrogens with zero attached hydrogens (tertiary/aromatic N) is 2. The summed E-state index contributed by atoms with van der Waals surface area (Å²) in [5.41, 5.74) is 15.9. The first kappa shape index (κ1) is 12.7. The second-order valence-corrected chi connectivity index (χ2v) is 4.53. The van der Waals surface area contributed by atoms with E-state index >= 15 is 0 Å². The van der Waals surface area contributed by atoms with Crippen LogP contribution in [0, 0.1) is 0 Å². The van der Waals surface area contributed by atoms with Gasteiger partial charge in [-0.2, -0.15) is 0 Å². The van der Waals surface area contributed by atoms with Crippen molar-refractivity contribution in [3.63, 3.8) is 0 Å². The average Bonchev–Trinajstić information content (AvgIpc) is 2.34. The number of likely N-dealkylation sites (N-methyl/N-ethyl adjacent to an activating group) is 1. The van der Waals surface area contributed by atoms with Crippen LogP contribution in [0.15, 0.2) is 18.2 Å². The maximum Gasteiger partial charge on any atom is 0.250 e. The second-order valence-electron chi connectivity index (χ2n) is 4.53. The van der Waals surface area contributed by atoms with Gasteiger partial charge in [-0.3, -0.25) is 4.79 Å². The number of nitrogen functional groups attached to an aromatic ring is 1. The summed E-state index contributed by atoms with van der Waals surface area (Å²) in [5, 5.41) is 2.09. The molecule has 6 nitrogen and oxygen atoms in total. The third kappa shape index (κ3) is 2.72. The molecule has 1 amide bonds. The van der Waals surface area contributed by atoms with E-state index in [-0.39, 0.29) is 0 Å². The lowest BCUT2D eigenvalue weighted by molar-refractivity contribution is 0.100. The van der Waals surface area contributed by atoms with Gasteiger partial charge >= 0.3 is 0 Å². The van der Waals surface area contributed by atoms with Crippen molar-refractivity contribution in [2.45, 2.75) is 0 Å². The van der Waals surface area contributed by atoms with E-state index in [9.17, 15) is 4.79 Å². The molecule has 1 fully saturated rings. The van der Waals surface area contributed by atoms with E-state index in [2.05, 4.69) is 22.4 Å². The maximum absolute atomic E-state index is 11.2. The summed E-state index contributed by atoms with van der Waals surface area (Å²) in [6.07, 6.45) is 0. The largest absolute Gasteiger partial charge is 0.396 e. The predicted molar refractivity (Wildman–Crippen MR) is 72.1 cm³/mol. The third-order valence-corrected chi connectivity index (χ3v) is 3.15. The first-order chi connectivity index (χ1) is 8.58. The zero-order chi connectivity index (χ0) is 13.1. The Morgan fingerprint density at radius 3 is 2.56 bits per heavy atom. The highest BCUT2D eigenvalue weighted by atomic mass is 16.1. The van der Waals surface area contributed by atoms with Gasteiger partial charge in [0.25, 0.3) is 5.91 Å². The summed E-state index contributed by atoms with van der Waals surface area (Å²) in [4.78, 5) is 13.5. The highest BCUT2D eigenvalue weighted by Crippen LogP contribution is 2.23. The Hall–Kier alpha value is -1.79. The molecule has 1 aliphatic rings. The predicted octanol–water partition coefficient (Wildman–Crippen LogP) is -0.0580. The molecule has 2 rings (SSSR count). The average molecular weight is 249 g/mol. The van der Waals surface area contributed by atoms with Gasteiger partial charge in [0.2, 0.25) is 0 Å². The molecular formula is C12H19N5O. The van der Waals surface area contributed by atoms with Crippen LogP contribution in [0.3, 0.4) is 0 Å². The first-order valence-electron chi connectivity index (χ1n) is 5.96. The number of carbonyl (C=O) groups is 1. The molecule has 1 aromatic rings. The van der Waals surface area contributed by atoms with Crippen LogP contribution in [0.2, 0.25) is 0 Å². The fourth-order valence-corrected chi connectivity index (χ4v) is 1.97. The quantitative estimate of drug-likeness (QED) is 0.653. The number of carbonyl (C=O) groups excluding carboxylic acids is 1. The number of rotatable bonds is 3. The lowest BCUT2D eigenvalue weighted by Gasteiger charge is -2.33. The number of hydrogen-bond acceptors (Lipinski definition) is 5. The fourth-order valence-electron chi connectivity index (χ4n) is 1.97. The summed E-state index contributed by atoms with van der Waals surface area (Å²) in [6, 6.07) is 5.25. The zero-order valence-corrected chi connectivity index (χ0v) is 10.5. The number of anilines is 2. The van der Waals surface area contributed by atoms with E-state index in [4.69, 9.17) is 11.5 Å². The first-order valence-corrected chi connectivity index (χ1v) is 5.96. The molecule has 98 valence electrons. The normalized spacial score (nSPS) is 17.6. The standard InChI is InChI=1S/C12H19N5O/c1-16-5-7-17(8-6-16)15-10-4-2-3-9(11(10)13)12(14)18/h2-4,15H,5-8,13H2,1H3,(H2,14,18). The van der Waals surface area contributed by atoms with Crippen LogP contribution in [0.1, 0.15) is 10.4 Å². The van der Waals surface area contributed by atoms with Gasteiger partial charge in [-0.15, -0.1) is 0 Å². The van der Waals surface area contributed by atoms with Crippen molar-refractivity contribution in [2.75, 3.05) is 44.4 Å². The molecule has 6 heteroatoms. The molecule has 1 heterocycles. The molecule has 1 aliphatic heterocycles. The number of hydrazine groups is 1. The van der Waals surface area contributed by atoms with E-state index in [0.717, 1.165) is 31.9 Å². The van der Waals surface area contributed by atoms with Crippen molar-refractivity contribution in [1.82, 2.24) is 9.91 Å². The van der Waals surface area contributed by atoms with E-state index in [0.29, 0.717) is 11.3 Å². The Kier molecular flexibility index (Phi) is 3.69. The van der Waals surface area contributed by atoms with Gasteiger partial charge in [-0.05, 0) is 19.2 Å². The number of benzene rings is 1. The smallest absolute Gasteiger partial charge is 0.250 e. The molecule has 18 heavy (non-hydrogen) atoms. The van der Waals surface area contributed by atoms with E-state index in [1.807, 2.05) is 6.07 Å². The van der Waals surface area contributed by atoms with Gasteiger partial charge < -0.3 is 21.8 Å². The van der Waals surface area contributed by atoms with Gasteiger partial charge in [0.05, 0.1) is 16.9 Å². The van der Waals surface area contributed by atoms with Crippen molar-refractivity contribution in [2.24, 2.45) is 5.73 Å². The Labute approximate surface area is 106 Å². The Balaban J connectivity index is 2.10. The number of amides is 1. The summed E-state index contributed by atoms with van der Waals surface area (Å²) in [7, 11) is 2.10. The molecule has 1 aromatic carbocycles.